The number of hydrogen-bond acceptors (Lipinski definition) is 2. The zero-order valence-corrected chi connectivity index (χ0v) is 18.8. The molecule has 1 aliphatic carbocycles. The van der Waals surface area contributed by atoms with E-state index in [9.17, 15) is 4.79 Å². The maximum Gasteiger partial charge on any atom is 0.252 e. The van der Waals surface area contributed by atoms with Crippen molar-refractivity contribution >= 4 is 16.8 Å². The molecule has 0 saturated heterocycles. The van der Waals surface area contributed by atoms with Crippen molar-refractivity contribution in [3.63, 3.8) is 0 Å². The first kappa shape index (κ1) is 20.6. The van der Waals surface area contributed by atoms with Crippen LogP contribution in [0.5, 0.6) is 0 Å². The van der Waals surface area contributed by atoms with E-state index in [1.807, 2.05) is 30.3 Å². The fourth-order valence-electron chi connectivity index (χ4n) is 5.13. The Hall–Kier alpha value is -2.68. The molecule has 3 aromatic rings. The number of carbonyl (C=O) groups is 1. The van der Waals surface area contributed by atoms with E-state index in [1.165, 1.54) is 17.5 Å². The Morgan fingerprint density at radius 3 is 2.53 bits per heavy atom. The highest BCUT2D eigenvalue weighted by Gasteiger charge is 2.33. The molecule has 3 nitrogen and oxygen atoms in total. The Labute approximate surface area is 179 Å². The molecule has 0 aliphatic heterocycles. The van der Waals surface area contributed by atoms with Crippen LogP contribution >= 0.6 is 0 Å². The Balaban J connectivity index is 1.72. The van der Waals surface area contributed by atoms with Gasteiger partial charge in [-0.3, -0.25) is 4.79 Å². The number of nitrogens with zero attached hydrogens (tertiary/aromatic N) is 1. The number of pyridine rings is 1. The van der Waals surface area contributed by atoms with Gasteiger partial charge in [0.15, 0.2) is 0 Å². The lowest BCUT2D eigenvalue weighted by molar-refractivity contribution is 0.0876. The summed E-state index contributed by atoms with van der Waals surface area (Å²) >= 11 is 0. The van der Waals surface area contributed by atoms with Crippen molar-refractivity contribution in [2.75, 3.05) is 0 Å². The molecule has 0 unspecified atom stereocenters. The number of nitrogens with one attached hydrogen (secondary N) is 1. The van der Waals surface area contributed by atoms with Crippen LogP contribution in [0.3, 0.4) is 0 Å². The molecule has 0 spiro atoms. The van der Waals surface area contributed by atoms with E-state index in [0.29, 0.717) is 11.5 Å². The second-order valence-corrected chi connectivity index (χ2v) is 9.95. The van der Waals surface area contributed by atoms with Gasteiger partial charge in [-0.05, 0) is 73.8 Å². The van der Waals surface area contributed by atoms with Crippen molar-refractivity contribution < 1.29 is 4.79 Å². The summed E-state index contributed by atoms with van der Waals surface area (Å²) in [6.07, 6.45) is 3.28. The highest BCUT2D eigenvalue weighted by atomic mass is 16.1. The third-order valence-corrected chi connectivity index (χ3v) is 6.49. The molecule has 2 atom stereocenters. The number of amides is 1. The van der Waals surface area contributed by atoms with Gasteiger partial charge in [0.05, 0.1) is 16.8 Å². The standard InChI is InChI=1S/C27H32N2O/c1-17-12-21(16-27(4,5)15-17)28-26(30)23-14-25(20-11-10-18(2)19(3)13-20)29-24-9-7-6-8-22(23)24/h6-11,13-14,17,21H,12,15-16H2,1-5H3,(H,28,30)/t17-,21-/m0/s1. The summed E-state index contributed by atoms with van der Waals surface area (Å²) in [5, 5.41) is 4.25. The van der Waals surface area contributed by atoms with Crippen LogP contribution in [-0.2, 0) is 0 Å². The number of aryl methyl sites for hydroxylation is 2. The zero-order valence-electron chi connectivity index (χ0n) is 18.8. The number of para-hydroxylation sites is 1. The van der Waals surface area contributed by atoms with Crippen molar-refractivity contribution in [1.82, 2.24) is 10.3 Å². The number of benzene rings is 2. The third kappa shape index (κ3) is 4.26. The quantitative estimate of drug-likeness (QED) is 0.548. The maximum absolute atomic E-state index is 13.4. The zero-order chi connectivity index (χ0) is 21.5. The van der Waals surface area contributed by atoms with Crippen LogP contribution in [0.4, 0.5) is 0 Å². The van der Waals surface area contributed by atoms with Gasteiger partial charge in [0.1, 0.15) is 0 Å². The molecule has 0 bridgehead atoms. The van der Waals surface area contributed by atoms with Gasteiger partial charge in [0, 0.05) is 17.0 Å². The van der Waals surface area contributed by atoms with E-state index < -0.39 is 0 Å². The highest BCUT2D eigenvalue weighted by molar-refractivity contribution is 6.07. The molecule has 3 heteroatoms. The van der Waals surface area contributed by atoms with Gasteiger partial charge in [0.25, 0.3) is 5.91 Å². The first-order chi connectivity index (χ1) is 14.2. The van der Waals surface area contributed by atoms with Gasteiger partial charge in [-0.1, -0.05) is 51.1 Å². The molecule has 1 N–H and O–H groups in total. The minimum Gasteiger partial charge on any atom is -0.349 e. The maximum atomic E-state index is 13.4. The second-order valence-electron chi connectivity index (χ2n) is 9.95. The SMILES string of the molecule is Cc1ccc(-c2cc(C(=O)N[C@H]3C[C@H](C)CC(C)(C)C3)c3ccccc3n2)cc1C. The Morgan fingerprint density at radius 1 is 1.03 bits per heavy atom. The molecule has 1 aromatic heterocycles. The highest BCUT2D eigenvalue weighted by Crippen LogP contribution is 2.38. The van der Waals surface area contributed by atoms with Gasteiger partial charge in [0.2, 0.25) is 0 Å². The van der Waals surface area contributed by atoms with E-state index in [0.717, 1.165) is 35.0 Å². The summed E-state index contributed by atoms with van der Waals surface area (Å²) in [4.78, 5) is 18.3. The molecule has 30 heavy (non-hydrogen) atoms. The monoisotopic (exact) mass is 400 g/mol. The number of fused-ring (bicyclic) bond motifs is 1. The smallest absolute Gasteiger partial charge is 0.252 e. The van der Waals surface area contributed by atoms with Crippen molar-refractivity contribution in [1.29, 1.82) is 0 Å². The molecule has 1 saturated carbocycles. The molecule has 2 aromatic carbocycles. The van der Waals surface area contributed by atoms with E-state index in [-0.39, 0.29) is 17.4 Å². The van der Waals surface area contributed by atoms with Gasteiger partial charge in [-0.25, -0.2) is 4.98 Å². The van der Waals surface area contributed by atoms with Crippen LogP contribution in [0.25, 0.3) is 22.2 Å². The number of hydrogen-bond donors (Lipinski definition) is 1. The second kappa shape index (κ2) is 7.86. The van der Waals surface area contributed by atoms with E-state index in [1.54, 1.807) is 0 Å². The van der Waals surface area contributed by atoms with E-state index >= 15 is 0 Å². The molecule has 1 amide bonds. The molecule has 156 valence electrons. The van der Waals surface area contributed by atoms with Crippen LogP contribution in [0.1, 0.15) is 61.5 Å². The van der Waals surface area contributed by atoms with Gasteiger partial charge >= 0.3 is 0 Å². The van der Waals surface area contributed by atoms with Crippen LogP contribution in [0.2, 0.25) is 0 Å². The minimum atomic E-state index is 0.00795. The number of carbonyl (C=O) groups excluding carboxylic acids is 1. The normalized spacial score (nSPS) is 20.8. The minimum absolute atomic E-state index is 0.00795. The summed E-state index contributed by atoms with van der Waals surface area (Å²) in [5.41, 5.74) is 6.21. The van der Waals surface area contributed by atoms with Crippen LogP contribution in [-0.4, -0.2) is 16.9 Å². The van der Waals surface area contributed by atoms with Crippen molar-refractivity contribution in [3.8, 4) is 11.3 Å². The van der Waals surface area contributed by atoms with Crippen molar-refractivity contribution in [2.24, 2.45) is 11.3 Å². The summed E-state index contributed by atoms with van der Waals surface area (Å²) in [6, 6.07) is 16.5. The molecule has 1 fully saturated rings. The predicted octanol–water partition coefficient (Wildman–Crippen LogP) is 6.46. The summed E-state index contributed by atoms with van der Waals surface area (Å²) < 4.78 is 0. The molecule has 1 heterocycles. The lowest BCUT2D eigenvalue weighted by atomic mass is 9.70. The first-order valence-corrected chi connectivity index (χ1v) is 11.0. The first-order valence-electron chi connectivity index (χ1n) is 11.0. The lowest BCUT2D eigenvalue weighted by Crippen LogP contribution is -2.43. The van der Waals surface area contributed by atoms with Gasteiger partial charge in [-0.2, -0.15) is 0 Å². The molecular formula is C27H32N2O. The van der Waals surface area contributed by atoms with Gasteiger partial charge in [-0.15, -0.1) is 0 Å². The van der Waals surface area contributed by atoms with Crippen LogP contribution in [0.15, 0.2) is 48.5 Å². The largest absolute Gasteiger partial charge is 0.349 e. The number of aromatic nitrogens is 1. The van der Waals surface area contributed by atoms with E-state index in [4.69, 9.17) is 4.98 Å². The Bertz CT molecular complexity index is 1100. The predicted molar refractivity (Wildman–Crippen MR) is 125 cm³/mol. The lowest BCUT2D eigenvalue weighted by Gasteiger charge is -2.39. The van der Waals surface area contributed by atoms with Gasteiger partial charge < -0.3 is 5.32 Å². The van der Waals surface area contributed by atoms with Crippen LogP contribution < -0.4 is 5.32 Å². The third-order valence-electron chi connectivity index (χ3n) is 6.49. The summed E-state index contributed by atoms with van der Waals surface area (Å²) in [6.45, 7) is 11.1. The summed E-state index contributed by atoms with van der Waals surface area (Å²) in [5.74, 6) is 0.632. The Kier molecular flexibility index (Phi) is 5.40. The Morgan fingerprint density at radius 2 is 1.80 bits per heavy atom. The molecule has 1 aliphatic rings. The fraction of sp³-hybridized carbons (Fsp3) is 0.407. The fourth-order valence-corrected chi connectivity index (χ4v) is 5.13. The summed E-state index contributed by atoms with van der Waals surface area (Å²) in [7, 11) is 0. The van der Waals surface area contributed by atoms with E-state index in [2.05, 4.69) is 58.1 Å². The molecule has 4 rings (SSSR count). The van der Waals surface area contributed by atoms with Crippen molar-refractivity contribution in [2.45, 2.75) is 59.9 Å². The molecule has 0 radical (unpaired) electrons. The topological polar surface area (TPSA) is 42.0 Å². The van der Waals surface area contributed by atoms with Crippen molar-refractivity contribution in [3.05, 3.63) is 65.2 Å². The number of rotatable bonds is 3. The average Bonchev–Trinajstić information content (AvgIpc) is 2.67. The average molecular weight is 401 g/mol. The molecular weight excluding hydrogens is 368 g/mol. The van der Waals surface area contributed by atoms with Crippen LogP contribution in [0, 0.1) is 25.2 Å².